The molecule has 2 N–H and O–H groups in total. The Balaban J connectivity index is 1.75. The first-order valence-corrected chi connectivity index (χ1v) is 8.91. The number of hydrogen-bond donors (Lipinski definition) is 2. The van der Waals surface area contributed by atoms with E-state index in [1.165, 1.54) is 6.07 Å². The standard InChI is InChI=1S/C19H23F2N3O3/c1-11-7-18(2,3)10-19(8-11)16(26)24(17(27)23-19)9-14(25)22-15-12(20)5-4-6-13(15)21/h4-6,11H,7-10H2,1-3H3,(H,22,25)(H,23,27)/t11-,19+/m0/s1. The average Bonchev–Trinajstić information content (AvgIpc) is 2.72. The van der Waals surface area contributed by atoms with Crippen molar-refractivity contribution >= 4 is 23.5 Å². The maximum atomic E-state index is 13.7. The van der Waals surface area contributed by atoms with Crippen LogP contribution in [-0.4, -0.2) is 34.8 Å². The van der Waals surface area contributed by atoms with E-state index in [1.807, 2.05) is 20.8 Å². The molecule has 0 bridgehead atoms. The van der Waals surface area contributed by atoms with Crippen molar-refractivity contribution in [3.8, 4) is 0 Å². The molecule has 6 nitrogen and oxygen atoms in total. The molecular weight excluding hydrogens is 356 g/mol. The minimum Gasteiger partial charge on any atom is -0.323 e. The van der Waals surface area contributed by atoms with E-state index in [0.717, 1.165) is 23.5 Å². The number of hydrogen-bond acceptors (Lipinski definition) is 3. The Bertz CT molecular complexity index is 791. The fraction of sp³-hybridized carbons (Fsp3) is 0.526. The van der Waals surface area contributed by atoms with Gasteiger partial charge in [0.1, 0.15) is 29.4 Å². The molecule has 1 aromatic carbocycles. The molecule has 1 saturated heterocycles. The second kappa shape index (κ2) is 6.58. The number of carbonyl (C=O) groups excluding carboxylic acids is 3. The Hall–Kier alpha value is -2.51. The van der Waals surface area contributed by atoms with E-state index in [1.54, 1.807) is 0 Å². The first-order chi connectivity index (χ1) is 12.5. The number of urea groups is 1. The largest absolute Gasteiger partial charge is 0.325 e. The molecule has 146 valence electrons. The molecule has 1 aliphatic carbocycles. The van der Waals surface area contributed by atoms with Crippen molar-refractivity contribution in [3.63, 3.8) is 0 Å². The summed E-state index contributed by atoms with van der Waals surface area (Å²) in [6, 6.07) is 2.53. The summed E-state index contributed by atoms with van der Waals surface area (Å²) in [7, 11) is 0. The van der Waals surface area contributed by atoms with E-state index >= 15 is 0 Å². The number of benzene rings is 1. The predicted octanol–water partition coefficient (Wildman–Crippen LogP) is 3.04. The molecule has 1 heterocycles. The number of para-hydroxylation sites is 1. The number of rotatable bonds is 3. The molecule has 2 atom stereocenters. The first kappa shape index (κ1) is 19.3. The summed E-state index contributed by atoms with van der Waals surface area (Å²) in [4.78, 5) is 38.4. The molecule has 3 rings (SSSR count). The van der Waals surface area contributed by atoms with E-state index in [4.69, 9.17) is 0 Å². The number of amides is 4. The van der Waals surface area contributed by atoms with Crippen LogP contribution in [0.25, 0.3) is 0 Å². The van der Waals surface area contributed by atoms with Crippen LogP contribution in [0.1, 0.15) is 40.0 Å². The smallest absolute Gasteiger partial charge is 0.323 e. The third-order valence-corrected chi connectivity index (χ3v) is 5.15. The Morgan fingerprint density at radius 2 is 1.89 bits per heavy atom. The predicted molar refractivity (Wildman–Crippen MR) is 94.8 cm³/mol. The monoisotopic (exact) mass is 379 g/mol. The van der Waals surface area contributed by atoms with E-state index in [9.17, 15) is 23.2 Å². The first-order valence-electron chi connectivity index (χ1n) is 8.91. The second-order valence-corrected chi connectivity index (χ2v) is 8.40. The zero-order valence-corrected chi connectivity index (χ0v) is 15.6. The summed E-state index contributed by atoms with van der Waals surface area (Å²) >= 11 is 0. The molecule has 1 aromatic rings. The van der Waals surface area contributed by atoms with Crippen molar-refractivity contribution in [1.82, 2.24) is 10.2 Å². The van der Waals surface area contributed by atoms with Crippen LogP contribution >= 0.6 is 0 Å². The summed E-state index contributed by atoms with van der Waals surface area (Å²) < 4.78 is 27.4. The normalized spacial score (nSPS) is 27.0. The highest BCUT2D eigenvalue weighted by atomic mass is 19.1. The summed E-state index contributed by atoms with van der Waals surface area (Å²) in [6.07, 6.45) is 1.92. The molecule has 2 fully saturated rings. The zero-order valence-electron chi connectivity index (χ0n) is 15.6. The van der Waals surface area contributed by atoms with Crippen molar-refractivity contribution in [2.75, 3.05) is 11.9 Å². The molecular formula is C19H23F2N3O3. The van der Waals surface area contributed by atoms with Gasteiger partial charge in [0.2, 0.25) is 5.91 Å². The van der Waals surface area contributed by atoms with Gasteiger partial charge in [0, 0.05) is 0 Å². The lowest BCUT2D eigenvalue weighted by Gasteiger charge is -2.43. The number of carbonyl (C=O) groups is 3. The van der Waals surface area contributed by atoms with Crippen LogP contribution in [-0.2, 0) is 9.59 Å². The maximum absolute atomic E-state index is 13.7. The molecule has 8 heteroatoms. The average molecular weight is 379 g/mol. The number of nitrogens with zero attached hydrogens (tertiary/aromatic N) is 1. The molecule has 27 heavy (non-hydrogen) atoms. The van der Waals surface area contributed by atoms with Gasteiger partial charge in [0.05, 0.1) is 0 Å². The van der Waals surface area contributed by atoms with Crippen LogP contribution < -0.4 is 10.6 Å². The van der Waals surface area contributed by atoms with Gasteiger partial charge in [0.15, 0.2) is 0 Å². The highest BCUT2D eigenvalue weighted by molar-refractivity contribution is 6.10. The third kappa shape index (κ3) is 3.65. The van der Waals surface area contributed by atoms with Gasteiger partial charge < -0.3 is 10.6 Å². The van der Waals surface area contributed by atoms with E-state index in [0.29, 0.717) is 12.8 Å². The van der Waals surface area contributed by atoms with Gasteiger partial charge in [-0.05, 0) is 42.7 Å². The zero-order chi connectivity index (χ0) is 20.0. The summed E-state index contributed by atoms with van der Waals surface area (Å²) in [6.45, 7) is 5.51. The number of nitrogens with one attached hydrogen (secondary N) is 2. The Kier molecular flexibility index (Phi) is 4.69. The van der Waals surface area contributed by atoms with Gasteiger partial charge >= 0.3 is 6.03 Å². The third-order valence-electron chi connectivity index (χ3n) is 5.15. The van der Waals surface area contributed by atoms with Crippen molar-refractivity contribution < 1.29 is 23.2 Å². The SMILES string of the molecule is C[C@H]1CC(C)(C)C[C@@]2(C1)NC(=O)N(CC(=O)Nc1c(F)cccc1F)C2=O. The Morgan fingerprint density at radius 1 is 1.26 bits per heavy atom. The van der Waals surface area contributed by atoms with Gasteiger partial charge in [-0.3, -0.25) is 14.5 Å². The van der Waals surface area contributed by atoms with Crippen LogP contribution in [0.15, 0.2) is 18.2 Å². The molecule has 0 radical (unpaired) electrons. The minimum absolute atomic E-state index is 0.130. The molecule has 1 saturated carbocycles. The molecule has 2 aliphatic rings. The van der Waals surface area contributed by atoms with Gasteiger partial charge in [-0.2, -0.15) is 0 Å². The van der Waals surface area contributed by atoms with Crippen molar-refractivity contribution in [2.24, 2.45) is 11.3 Å². The summed E-state index contributed by atoms with van der Waals surface area (Å²) in [5.74, 6) is -2.93. The fourth-order valence-corrected chi connectivity index (χ4v) is 4.59. The van der Waals surface area contributed by atoms with Crippen LogP contribution in [0.5, 0.6) is 0 Å². The van der Waals surface area contributed by atoms with Crippen molar-refractivity contribution in [1.29, 1.82) is 0 Å². The van der Waals surface area contributed by atoms with Crippen molar-refractivity contribution in [3.05, 3.63) is 29.8 Å². The molecule has 4 amide bonds. The topological polar surface area (TPSA) is 78.5 Å². The van der Waals surface area contributed by atoms with E-state index in [2.05, 4.69) is 10.6 Å². The van der Waals surface area contributed by atoms with Crippen LogP contribution in [0.3, 0.4) is 0 Å². The van der Waals surface area contributed by atoms with Gasteiger partial charge in [-0.25, -0.2) is 13.6 Å². The number of imide groups is 1. The lowest BCUT2D eigenvalue weighted by atomic mass is 9.64. The van der Waals surface area contributed by atoms with E-state index < -0.39 is 47.3 Å². The van der Waals surface area contributed by atoms with E-state index in [-0.39, 0.29) is 11.3 Å². The summed E-state index contributed by atoms with van der Waals surface area (Å²) in [5, 5.41) is 4.86. The fourth-order valence-electron chi connectivity index (χ4n) is 4.59. The van der Waals surface area contributed by atoms with Gasteiger partial charge in [-0.15, -0.1) is 0 Å². The van der Waals surface area contributed by atoms with Crippen molar-refractivity contribution in [2.45, 2.75) is 45.6 Å². The highest BCUT2D eigenvalue weighted by Gasteiger charge is 2.56. The Labute approximate surface area is 156 Å². The van der Waals surface area contributed by atoms with Gasteiger partial charge in [0.25, 0.3) is 5.91 Å². The summed E-state index contributed by atoms with van der Waals surface area (Å²) in [5.41, 5.74) is -1.76. The maximum Gasteiger partial charge on any atom is 0.325 e. The van der Waals surface area contributed by atoms with Gasteiger partial charge in [-0.1, -0.05) is 26.8 Å². The van der Waals surface area contributed by atoms with Crippen LogP contribution in [0.2, 0.25) is 0 Å². The Morgan fingerprint density at radius 3 is 2.48 bits per heavy atom. The minimum atomic E-state index is -1.03. The lowest BCUT2D eigenvalue weighted by molar-refractivity contribution is -0.136. The number of anilines is 1. The molecule has 1 aliphatic heterocycles. The van der Waals surface area contributed by atoms with Crippen LogP contribution in [0.4, 0.5) is 19.3 Å². The number of halogens is 2. The lowest BCUT2D eigenvalue weighted by Crippen LogP contribution is -2.54. The molecule has 0 aromatic heterocycles. The molecule has 0 unspecified atom stereocenters. The highest BCUT2D eigenvalue weighted by Crippen LogP contribution is 2.46. The quantitative estimate of drug-likeness (QED) is 0.793. The molecule has 1 spiro atoms. The van der Waals surface area contributed by atoms with Crippen LogP contribution in [0, 0.1) is 23.0 Å². The second-order valence-electron chi connectivity index (χ2n) is 8.40.